The third kappa shape index (κ3) is 3.50. The summed E-state index contributed by atoms with van der Waals surface area (Å²) in [4.78, 5) is 28.1. The van der Waals surface area contributed by atoms with E-state index in [2.05, 4.69) is 26.2 Å². The number of imidazole rings is 1. The fraction of sp³-hybridized carbons (Fsp3) is 0.222. The monoisotopic (exact) mass is 432 g/mol. The Morgan fingerprint density at radius 2 is 2.15 bits per heavy atom. The maximum atomic E-state index is 12.9. The lowest BCUT2D eigenvalue weighted by Crippen LogP contribution is -2.16. The van der Waals surface area contributed by atoms with Crippen LogP contribution in [0.25, 0.3) is 5.65 Å². The molecule has 1 aromatic carbocycles. The predicted octanol–water partition coefficient (Wildman–Crippen LogP) is 4.14. The zero-order chi connectivity index (χ0) is 19.7. The number of nitrogens with one attached hydrogen (secondary N) is 1. The number of nitro groups is 1. The van der Waals surface area contributed by atoms with E-state index in [1.807, 2.05) is 26.1 Å². The Hall–Kier alpha value is -2.94. The van der Waals surface area contributed by atoms with Gasteiger partial charge in [-0.3, -0.25) is 19.3 Å². The first kappa shape index (κ1) is 18.8. The molecule has 1 amide bonds. The summed E-state index contributed by atoms with van der Waals surface area (Å²) in [5, 5.41) is 13.9. The van der Waals surface area contributed by atoms with Gasteiger partial charge in [0, 0.05) is 18.0 Å². The molecule has 0 saturated heterocycles. The first-order valence-corrected chi connectivity index (χ1v) is 8.95. The van der Waals surface area contributed by atoms with Crippen molar-refractivity contribution in [3.63, 3.8) is 0 Å². The highest BCUT2D eigenvalue weighted by molar-refractivity contribution is 9.10. The lowest BCUT2D eigenvalue weighted by atomic mass is 10.2. The first-order valence-electron chi connectivity index (χ1n) is 8.16. The van der Waals surface area contributed by atoms with E-state index in [9.17, 15) is 14.9 Å². The van der Waals surface area contributed by atoms with Crippen LogP contribution in [0.4, 0.5) is 11.4 Å². The SMILES string of the molecule is CCc1nc2c(Br)cc(C)cn2c1C(=O)Nc1ccc(OC)c([N+](=O)[O-])c1. The number of benzene rings is 1. The summed E-state index contributed by atoms with van der Waals surface area (Å²) in [6.07, 6.45) is 2.40. The van der Waals surface area contributed by atoms with Crippen LogP contribution in [0.2, 0.25) is 0 Å². The molecule has 0 spiro atoms. The highest BCUT2D eigenvalue weighted by Crippen LogP contribution is 2.30. The molecule has 2 aromatic heterocycles. The van der Waals surface area contributed by atoms with Crippen molar-refractivity contribution >= 4 is 38.9 Å². The van der Waals surface area contributed by atoms with Gasteiger partial charge in [0.2, 0.25) is 0 Å². The number of methoxy groups -OCH3 is 1. The molecule has 9 heteroatoms. The summed E-state index contributed by atoms with van der Waals surface area (Å²) in [7, 11) is 1.35. The van der Waals surface area contributed by atoms with Gasteiger partial charge in [-0.2, -0.15) is 0 Å². The van der Waals surface area contributed by atoms with E-state index in [-0.39, 0.29) is 11.4 Å². The highest BCUT2D eigenvalue weighted by atomic mass is 79.9. The van der Waals surface area contributed by atoms with Gasteiger partial charge in [-0.05, 0) is 53.0 Å². The minimum absolute atomic E-state index is 0.126. The standard InChI is InChI=1S/C18H17BrN4O4/c1-4-13-16(22-9-10(2)7-12(19)17(22)21-13)18(24)20-11-5-6-15(27-3)14(8-11)23(25)26/h5-9H,4H2,1-3H3,(H,20,24). The van der Waals surface area contributed by atoms with Crippen LogP contribution in [-0.2, 0) is 6.42 Å². The molecule has 8 nitrogen and oxygen atoms in total. The number of nitro benzene ring substituents is 1. The second-order valence-corrected chi connectivity index (χ2v) is 6.77. The molecule has 0 aliphatic carbocycles. The quantitative estimate of drug-likeness (QED) is 0.482. The van der Waals surface area contributed by atoms with Crippen molar-refractivity contribution in [3.05, 3.63) is 62.0 Å². The third-order valence-electron chi connectivity index (χ3n) is 4.07. The van der Waals surface area contributed by atoms with Gasteiger partial charge in [-0.15, -0.1) is 0 Å². The molecular formula is C18H17BrN4O4. The number of aromatic nitrogens is 2. The van der Waals surface area contributed by atoms with Crippen molar-refractivity contribution in [1.29, 1.82) is 0 Å². The molecule has 140 valence electrons. The van der Waals surface area contributed by atoms with Gasteiger partial charge in [0.05, 0.1) is 22.2 Å². The number of halogens is 1. The summed E-state index contributed by atoms with van der Waals surface area (Å²) >= 11 is 3.48. The second-order valence-electron chi connectivity index (χ2n) is 5.92. The summed E-state index contributed by atoms with van der Waals surface area (Å²) in [5.41, 5.74) is 2.73. The summed E-state index contributed by atoms with van der Waals surface area (Å²) in [6.45, 7) is 3.84. The second kappa shape index (κ2) is 7.36. The van der Waals surface area contributed by atoms with Crippen molar-refractivity contribution in [2.24, 2.45) is 0 Å². The number of anilines is 1. The number of carbonyl (C=O) groups is 1. The largest absolute Gasteiger partial charge is 0.490 e. The van der Waals surface area contributed by atoms with E-state index in [0.717, 1.165) is 10.0 Å². The van der Waals surface area contributed by atoms with Crippen LogP contribution < -0.4 is 10.1 Å². The van der Waals surface area contributed by atoms with Gasteiger partial charge in [-0.25, -0.2) is 4.98 Å². The lowest BCUT2D eigenvalue weighted by molar-refractivity contribution is -0.385. The number of amides is 1. The van der Waals surface area contributed by atoms with Crippen LogP contribution in [0.5, 0.6) is 5.75 Å². The Balaban J connectivity index is 2.04. The van der Waals surface area contributed by atoms with Crippen molar-refractivity contribution in [2.75, 3.05) is 12.4 Å². The van der Waals surface area contributed by atoms with Crippen molar-refractivity contribution in [2.45, 2.75) is 20.3 Å². The summed E-state index contributed by atoms with van der Waals surface area (Å²) in [6, 6.07) is 6.20. The summed E-state index contributed by atoms with van der Waals surface area (Å²) < 4.78 is 7.50. The number of nitrogens with zero attached hydrogens (tertiary/aromatic N) is 3. The first-order chi connectivity index (χ1) is 12.8. The Morgan fingerprint density at radius 1 is 1.41 bits per heavy atom. The number of rotatable bonds is 5. The Bertz CT molecular complexity index is 1060. The Kier molecular flexibility index (Phi) is 5.13. The van der Waals surface area contributed by atoms with Gasteiger partial charge < -0.3 is 10.1 Å². The van der Waals surface area contributed by atoms with E-state index in [1.165, 1.54) is 19.2 Å². The van der Waals surface area contributed by atoms with E-state index in [4.69, 9.17) is 4.74 Å². The molecule has 3 rings (SSSR count). The lowest BCUT2D eigenvalue weighted by Gasteiger charge is -2.09. The molecular weight excluding hydrogens is 416 g/mol. The van der Waals surface area contributed by atoms with E-state index in [1.54, 1.807) is 10.5 Å². The van der Waals surface area contributed by atoms with Crippen LogP contribution in [0.1, 0.15) is 28.7 Å². The molecule has 0 unspecified atom stereocenters. The Labute approximate surface area is 163 Å². The number of aryl methyl sites for hydroxylation is 2. The molecule has 0 aliphatic rings. The van der Waals surface area contributed by atoms with Crippen LogP contribution in [0.3, 0.4) is 0 Å². The number of fused-ring (bicyclic) bond motifs is 1. The van der Waals surface area contributed by atoms with Gasteiger partial charge in [0.1, 0.15) is 5.69 Å². The average molecular weight is 433 g/mol. The molecule has 1 N–H and O–H groups in total. The van der Waals surface area contributed by atoms with Crippen molar-refractivity contribution in [3.8, 4) is 5.75 Å². The number of hydrogen-bond acceptors (Lipinski definition) is 5. The number of ether oxygens (including phenoxy) is 1. The highest BCUT2D eigenvalue weighted by Gasteiger charge is 2.22. The zero-order valence-corrected chi connectivity index (χ0v) is 16.5. The van der Waals surface area contributed by atoms with Crippen molar-refractivity contribution in [1.82, 2.24) is 9.38 Å². The molecule has 2 heterocycles. The van der Waals surface area contributed by atoms with E-state index >= 15 is 0 Å². The van der Waals surface area contributed by atoms with Crippen LogP contribution in [-0.4, -0.2) is 27.3 Å². The molecule has 0 fully saturated rings. The Morgan fingerprint density at radius 3 is 2.78 bits per heavy atom. The molecule has 0 bridgehead atoms. The van der Waals surface area contributed by atoms with Crippen LogP contribution >= 0.6 is 15.9 Å². The zero-order valence-electron chi connectivity index (χ0n) is 14.9. The average Bonchev–Trinajstić information content (AvgIpc) is 3.00. The van der Waals surface area contributed by atoms with Gasteiger partial charge in [0.15, 0.2) is 11.4 Å². The smallest absolute Gasteiger partial charge is 0.312 e. The molecule has 0 saturated carbocycles. The van der Waals surface area contributed by atoms with Gasteiger partial charge in [0.25, 0.3) is 5.91 Å². The number of carbonyl (C=O) groups excluding carboxylic acids is 1. The molecule has 27 heavy (non-hydrogen) atoms. The summed E-state index contributed by atoms with van der Waals surface area (Å²) in [5.74, 6) is -0.266. The van der Waals surface area contributed by atoms with Crippen molar-refractivity contribution < 1.29 is 14.5 Å². The molecule has 0 radical (unpaired) electrons. The molecule has 0 atom stereocenters. The maximum Gasteiger partial charge on any atom is 0.312 e. The minimum Gasteiger partial charge on any atom is -0.490 e. The number of pyridine rings is 1. The van der Waals surface area contributed by atoms with E-state index in [0.29, 0.717) is 29.1 Å². The fourth-order valence-corrected chi connectivity index (χ4v) is 3.51. The topological polar surface area (TPSA) is 98.8 Å². The predicted molar refractivity (Wildman–Crippen MR) is 105 cm³/mol. The molecule has 0 aliphatic heterocycles. The van der Waals surface area contributed by atoms with Crippen LogP contribution in [0, 0.1) is 17.0 Å². The number of hydrogen-bond donors (Lipinski definition) is 1. The van der Waals surface area contributed by atoms with Gasteiger partial charge >= 0.3 is 5.69 Å². The fourth-order valence-electron chi connectivity index (χ4n) is 2.87. The van der Waals surface area contributed by atoms with Gasteiger partial charge in [-0.1, -0.05) is 6.92 Å². The van der Waals surface area contributed by atoms with E-state index < -0.39 is 10.8 Å². The third-order valence-corrected chi connectivity index (χ3v) is 4.65. The molecule has 3 aromatic rings. The maximum absolute atomic E-state index is 12.9. The van der Waals surface area contributed by atoms with Crippen LogP contribution in [0.15, 0.2) is 34.9 Å². The minimum atomic E-state index is -0.555. The normalized spacial score (nSPS) is 10.8.